The van der Waals surface area contributed by atoms with Crippen LogP contribution in [0.1, 0.15) is 46.0 Å². The van der Waals surface area contributed by atoms with Crippen molar-refractivity contribution in [3.05, 3.63) is 37.0 Å². The van der Waals surface area contributed by atoms with Gasteiger partial charge in [-0.1, -0.05) is 44.2 Å². The monoisotopic (exact) mass is 192 g/mol. The minimum absolute atomic E-state index is 0.652. The SMILES string of the molecule is C=CC(C/C=C\CC)CC/C=C/CC. The predicted molar refractivity (Wildman–Crippen MR) is 66.4 cm³/mol. The Balaban J connectivity index is 3.62. The van der Waals surface area contributed by atoms with E-state index >= 15 is 0 Å². The fourth-order valence-corrected chi connectivity index (χ4v) is 1.36. The van der Waals surface area contributed by atoms with Crippen LogP contribution in [0.2, 0.25) is 0 Å². The van der Waals surface area contributed by atoms with Crippen molar-refractivity contribution in [2.75, 3.05) is 0 Å². The first-order chi connectivity index (χ1) is 6.85. The molecular formula is C14H24. The van der Waals surface area contributed by atoms with Crippen LogP contribution in [0.15, 0.2) is 37.0 Å². The van der Waals surface area contributed by atoms with E-state index in [2.05, 4.69) is 50.8 Å². The van der Waals surface area contributed by atoms with Crippen molar-refractivity contribution in [2.24, 2.45) is 5.92 Å². The zero-order valence-electron chi connectivity index (χ0n) is 9.71. The molecule has 0 saturated heterocycles. The first-order valence-electron chi connectivity index (χ1n) is 5.77. The largest absolute Gasteiger partial charge is 0.103 e. The van der Waals surface area contributed by atoms with Crippen LogP contribution in [0.4, 0.5) is 0 Å². The van der Waals surface area contributed by atoms with Crippen molar-refractivity contribution in [2.45, 2.75) is 46.0 Å². The summed E-state index contributed by atoms with van der Waals surface area (Å²) in [6, 6.07) is 0. The van der Waals surface area contributed by atoms with E-state index < -0.39 is 0 Å². The third-order valence-corrected chi connectivity index (χ3v) is 2.28. The van der Waals surface area contributed by atoms with E-state index in [1.807, 2.05) is 0 Å². The summed E-state index contributed by atoms with van der Waals surface area (Å²) in [6.07, 6.45) is 17.0. The van der Waals surface area contributed by atoms with Crippen LogP contribution in [-0.2, 0) is 0 Å². The van der Waals surface area contributed by atoms with E-state index in [-0.39, 0.29) is 0 Å². The lowest BCUT2D eigenvalue weighted by Crippen LogP contribution is -1.93. The molecule has 0 aliphatic carbocycles. The summed E-state index contributed by atoms with van der Waals surface area (Å²) in [7, 11) is 0. The highest BCUT2D eigenvalue weighted by Crippen LogP contribution is 2.13. The molecule has 0 heteroatoms. The van der Waals surface area contributed by atoms with Gasteiger partial charge in [0.25, 0.3) is 0 Å². The van der Waals surface area contributed by atoms with Gasteiger partial charge in [-0.25, -0.2) is 0 Å². The molecule has 0 radical (unpaired) electrons. The lowest BCUT2D eigenvalue weighted by atomic mass is 9.99. The van der Waals surface area contributed by atoms with Gasteiger partial charge in [0.1, 0.15) is 0 Å². The molecular weight excluding hydrogens is 168 g/mol. The summed E-state index contributed by atoms with van der Waals surface area (Å²) >= 11 is 0. The third kappa shape index (κ3) is 7.85. The number of hydrogen-bond donors (Lipinski definition) is 0. The second-order valence-electron chi connectivity index (χ2n) is 3.57. The standard InChI is InChI=1S/C14H24/c1-4-7-9-11-13-14(6-3)12-10-8-5-2/h6-10,14H,3-5,11-13H2,1-2H3/b9-7+,10-8-. The molecule has 0 fully saturated rings. The van der Waals surface area contributed by atoms with Crippen molar-refractivity contribution in [3.8, 4) is 0 Å². The van der Waals surface area contributed by atoms with Gasteiger partial charge >= 0.3 is 0 Å². The molecule has 0 nitrogen and oxygen atoms in total. The lowest BCUT2D eigenvalue weighted by Gasteiger charge is -2.07. The molecule has 0 bridgehead atoms. The molecule has 0 rings (SSSR count). The van der Waals surface area contributed by atoms with Crippen LogP contribution in [0.3, 0.4) is 0 Å². The highest BCUT2D eigenvalue weighted by atomic mass is 14.0. The molecule has 14 heavy (non-hydrogen) atoms. The van der Waals surface area contributed by atoms with Crippen LogP contribution >= 0.6 is 0 Å². The Hall–Kier alpha value is -0.780. The van der Waals surface area contributed by atoms with E-state index in [1.165, 1.54) is 12.8 Å². The molecule has 0 aromatic rings. The molecule has 0 aliphatic rings. The molecule has 0 saturated carbocycles. The van der Waals surface area contributed by atoms with Gasteiger partial charge in [-0.2, -0.15) is 0 Å². The van der Waals surface area contributed by atoms with Crippen LogP contribution in [-0.4, -0.2) is 0 Å². The van der Waals surface area contributed by atoms with E-state index in [9.17, 15) is 0 Å². The average molecular weight is 192 g/mol. The maximum Gasteiger partial charge on any atom is -0.0199 e. The molecule has 1 unspecified atom stereocenters. The van der Waals surface area contributed by atoms with Gasteiger partial charge in [0.15, 0.2) is 0 Å². The lowest BCUT2D eigenvalue weighted by molar-refractivity contribution is 0.607. The average Bonchev–Trinajstić information content (AvgIpc) is 2.22. The van der Waals surface area contributed by atoms with Crippen LogP contribution in [0, 0.1) is 5.92 Å². The van der Waals surface area contributed by atoms with Crippen LogP contribution < -0.4 is 0 Å². The molecule has 1 atom stereocenters. The van der Waals surface area contributed by atoms with Crippen molar-refractivity contribution in [3.63, 3.8) is 0 Å². The van der Waals surface area contributed by atoms with E-state index in [4.69, 9.17) is 0 Å². The van der Waals surface area contributed by atoms with Crippen molar-refractivity contribution >= 4 is 0 Å². The molecule has 0 aliphatic heterocycles. The first-order valence-corrected chi connectivity index (χ1v) is 5.77. The Morgan fingerprint density at radius 1 is 1.00 bits per heavy atom. The minimum atomic E-state index is 0.652. The zero-order chi connectivity index (χ0) is 10.6. The van der Waals surface area contributed by atoms with Gasteiger partial charge in [-0.15, -0.1) is 6.58 Å². The van der Waals surface area contributed by atoms with E-state index in [0.717, 1.165) is 19.3 Å². The molecule has 0 aromatic carbocycles. The van der Waals surface area contributed by atoms with Crippen molar-refractivity contribution in [1.82, 2.24) is 0 Å². The normalized spacial score (nSPS) is 13.9. The number of rotatable bonds is 8. The first kappa shape index (κ1) is 13.2. The Kier molecular flexibility index (Phi) is 9.73. The van der Waals surface area contributed by atoms with Gasteiger partial charge < -0.3 is 0 Å². The maximum absolute atomic E-state index is 3.88. The summed E-state index contributed by atoms with van der Waals surface area (Å²) < 4.78 is 0. The minimum Gasteiger partial charge on any atom is -0.103 e. The number of hydrogen-bond acceptors (Lipinski definition) is 0. The van der Waals surface area contributed by atoms with Gasteiger partial charge in [0.05, 0.1) is 0 Å². The molecule has 0 amide bonds. The zero-order valence-corrected chi connectivity index (χ0v) is 9.71. The molecule has 80 valence electrons. The summed E-state index contributed by atoms with van der Waals surface area (Å²) in [6.45, 7) is 8.22. The molecule has 0 heterocycles. The third-order valence-electron chi connectivity index (χ3n) is 2.28. The van der Waals surface area contributed by atoms with Gasteiger partial charge in [-0.05, 0) is 38.0 Å². The Morgan fingerprint density at radius 2 is 1.64 bits per heavy atom. The summed E-state index contributed by atoms with van der Waals surface area (Å²) in [5.41, 5.74) is 0. The summed E-state index contributed by atoms with van der Waals surface area (Å²) in [5, 5.41) is 0. The highest BCUT2D eigenvalue weighted by molar-refractivity contribution is 4.91. The molecule has 0 aromatic heterocycles. The van der Waals surface area contributed by atoms with Gasteiger partial charge in [0, 0.05) is 0 Å². The maximum atomic E-state index is 3.88. The van der Waals surface area contributed by atoms with Crippen LogP contribution in [0.25, 0.3) is 0 Å². The topological polar surface area (TPSA) is 0 Å². The number of allylic oxidation sites excluding steroid dienone is 5. The van der Waals surface area contributed by atoms with Crippen molar-refractivity contribution in [1.29, 1.82) is 0 Å². The Morgan fingerprint density at radius 3 is 2.21 bits per heavy atom. The summed E-state index contributed by atoms with van der Waals surface area (Å²) in [4.78, 5) is 0. The Bertz CT molecular complexity index is 174. The quantitative estimate of drug-likeness (QED) is 0.480. The van der Waals surface area contributed by atoms with Crippen molar-refractivity contribution < 1.29 is 0 Å². The fourth-order valence-electron chi connectivity index (χ4n) is 1.36. The van der Waals surface area contributed by atoms with E-state index in [0.29, 0.717) is 5.92 Å². The van der Waals surface area contributed by atoms with E-state index in [1.54, 1.807) is 0 Å². The predicted octanol–water partition coefficient (Wildman–Crippen LogP) is 4.89. The molecule has 0 N–H and O–H groups in total. The van der Waals surface area contributed by atoms with Crippen LogP contribution in [0.5, 0.6) is 0 Å². The second kappa shape index (κ2) is 10.3. The Labute approximate surface area is 89.4 Å². The fraction of sp³-hybridized carbons (Fsp3) is 0.571. The summed E-state index contributed by atoms with van der Waals surface area (Å²) in [5.74, 6) is 0.652. The highest BCUT2D eigenvalue weighted by Gasteiger charge is 1.99. The van der Waals surface area contributed by atoms with Gasteiger partial charge in [-0.3, -0.25) is 0 Å². The molecule has 0 spiro atoms. The smallest absolute Gasteiger partial charge is 0.0199 e. The second-order valence-corrected chi connectivity index (χ2v) is 3.57. The van der Waals surface area contributed by atoms with Gasteiger partial charge in [0.2, 0.25) is 0 Å².